The third-order valence-electron chi connectivity index (χ3n) is 4.85. The third-order valence-corrected chi connectivity index (χ3v) is 7.73. The van der Waals surface area contributed by atoms with Gasteiger partial charge in [-0.15, -0.1) is 10.2 Å². The Labute approximate surface area is 181 Å². The first-order chi connectivity index (χ1) is 14.8. The predicted octanol–water partition coefficient (Wildman–Crippen LogP) is 3.74. The number of benzene rings is 2. The first-order valence-corrected chi connectivity index (χ1v) is 11.9. The van der Waals surface area contributed by atoms with Crippen LogP contribution in [0.2, 0.25) is 0 Å². The number of hydrogen-bond acceptors (Lipinski definition) is 6. The summed E-state index contributed by atoms with van der Waals surface area (Å²) in [5.41, 5.74) is 0.503. The van der Waals surface area contributed by atoms with E-state index in [4.69, 9.17) is 0 Å². The molecule has 162 valence electrons. The summed E-state index contributed by atoms with van der Waals surface area (Å²) in [7, 11) is -3.59. The zero-order chi connectivity index (χ0) is 22.0. The number of sulfonamides is 1. The molecular weight excluding hydrogens is 446 g/mol. The summed E-state index contributed by atoms with van der Waals surface area (Å²) in [6.45, 7) is 0.363. The number of amides is 1. The largest absolute Gasteiger partial charge is 0.317 e. The van der Waals surface area contributed by atoms with E-state index < -0.39 is 33.6 Å². The summed E-state index contributed by atoms with van der Waals surface area (Å²) in [6, 6.07) is 11.2. The molecule has 1 fully saturated rings. The van der Waals surface area contributed by atoms with Crippen LogP contribution in [0.5, 0.6) is 0 Å². The van der Waals surface area contributed by atoms with Gasteiger partial charge < -0.3 is 5.32 Å². The number of halogens is 2. The molecule has 3 aromatic rings. The minimum atomic E-state index is -3.59. The minimum Gasteiger partial charge on any atom is -0.317 e. The summed E-state index contributed by atoms with van der Waals surface area (Å²) in [4.78, 5) is 12.4. The lowest BCUT2D eigenvalue weighted by Gasteiger charge is -2.22. The second-order valence-corrected chi connectivity index (χ2v) is 9.96. The van der Waals surface area contributed by atoms with Gasteiger partial charge in [0.15, 0.2) is 0 Å². The summed E-state index contributed by atoms with van der Waals surface area (Å²) in [5, 5.41) is 10.6. The lowest BCUT2D eigenvalue weighted by Crippen LogP contribution is -2.31. The van der Waals surface area contributed by atoms with E-state index in [0.717, 1.165) is 23.5 Å². The van der Waals surface area contributed by atoms with E-state index in [1.54, 1.807) is 24.3 Å². The number of hydrogen-bond donors (Lipinski definition) is 1. The minimum absolute atomic E-state index is 0.0361. The SMILES string of the molecule is O=C(Nc1ccc(F)cc1F)c1nnc([C@@H]2CCCN2S(=O)(=O)Cc2ccccc2)s1. The van der Waals surface area contributed by atoms with Crippen molar-refractivity contribution >= 4 is 33.0 Å². The molecule has 0 aliphatic carbocycles. The fourth-order valence-corrected chi connectivity index (χ4v) is 6.15. The van der Waals surface area contributed by atoms with Crippen molar-refractivity contribution < 1.29 is 22.0 Å². The molecule has 1 N–H and O–H groups in total. The second-order valence-electron chi connectivity index (χ2n) is 7.03. The van der Waals surface area contributed by atoms with Crippen molar-refractivity contribution in [3.05, 3.63) is 75.7 Å². The van der Waals surface area contributed by atoms with Crippen molar-refractivity contribution in [1.82, 2.24) is 14.5 Å². The number of carbonyl (C=O) groups is 1. The molecule has 2 heterocycles. The van der Waals surface area contributed by atoms with Crippen molar-refractivity contribution in [2.75, 3.05) is 11.9 Å². The lowest BCUT2D eigenvalue weighted by molar-refractivity contribution is 0.102. The highest BCUT2D eigenvalue weighted by Crippen LogP contribution is 2.36. The highest BCUT2D eigenvalue weighted by molar-refractivity contribution is 7.88. The molecule has 11 heteroatoms. The van der Waals surface area contributed by atoms with Gasteiger partial charge in [-0.25, -0.2) is 17.2 Å². The quantitative estimate of drug-likeness (QED) is 0.600. The van der Waals surface area contributed by atoms with Crippen LogP contribution < -0.4 is 5.32 Å². The molecule has 4 rings (SSSR count). The molecular formula is C20H18F2N4O3S2. The van der Waals surface area contributed by atoms with Crippen LogP contribution in [-0.2, 0) is 15.8 Å². The predicted molar refractivity (Wildman–Crippen MR) is 112 cm³/mol. The Balaban J connectivity index is 1.50. The molecule has 1 aromatic heterocycles. The van der Waals surface area contributed by atoms with Crippen LogP contribution in [0.15, 0.2) is 48.5 Å². The van der Waals surface area contributed by atoms with Crippen LogP contribution >= 0.6 is 11.3 Å². The molecule has 31 heavy (non-hydrogen) atoms. The Morgan fingerprint density at radius 1 is 1.16 bits per heavy atom. The Kier molecular flexibility index (Phi) is 6.08. The molecule has 1 saturated heterocycles. The van der Waals surface area contributed by atoms with Crippen LogP contribution in [0.1, 0.15) is 39.3 Å². The number of anilines is 1. The molecule has 0 bridgehead atoms. The van der Waals surface area contributed by atoms with Crippen molar-refractivity contribution in [1.29, 1.82) is 0 Å². The molecule has 1 atom stereocenters. The Bertz CT molecular complexity index is 1200. The highest BCUT2D eigenvalue weighted by Gasteiger charge is 2.37. The van der Waals surface area contributed by atoms with Crippen LogP contribution in [0, 0.1) is 11.6 Å². The highest BCUT2D eigenvalue weighted by atomic mass is 32.2. The topological polar surface area (TPSA) is 92.3 Å². The number of rotatable bonds is 6. The number of aromatic nitrogens is 2. The van der Waals surface area contributed by atoms with Crippen LogP contribution in [0.4, 0.5) is 14.5 Å². The van der Waals surface area contributed by atoms with E-state index in [1.165, 1.54) is 4.31 Å². The summed E-state index contributed by atoms with van der Waals surface area (Å²) in [6.07, 6.45) is 1.23. The lowest BCUT2D eigenvalue weighted by atomic mass is 10.2. The fourth-order valence-electron chi connectivity index (χ4n) is 3.42. The van der Waals surface area contributed by atoms with Crippen molar-refractivity contribution in [3.8, 4) is 0 Å². The van der Waals surface area contributed by atoms with E-state index in [9.17, 15) is 22.0 Å². The molecule has 0 unspecified atom stereocenters. The van der Waals surface area contributed by atoms with Crippen molar-refractivity contribution in [2.24, 2.45) is 0 Å². The van der Waals surface area contributed by atoms with Gasteiger partial charge in [0.05, 0.1) is 17.5 Å². The van der Waals surface area contributed by atoms with Crippen LogP contribution in [0.25, 0.3) is 0 Å². The van der Waals surface area contributed by atoms with Gasteiger partial charge in [0.1, 0.15) is 16.6 Å². The van der Waals surface area contributed by atoms with Gasteiger partial charge in [0.2, 0.25) is 15.0 Å². The zero-order valence-corrected chi connectivity index (χ0v) is 17.8. The molecule has 1 aliphatic heterocycles. The second kappa shape index (κ2) is 8.77. The molecule has 1 amide bonds. The molecule has 1 aliphatic rings. The molecule has 0 spiro atoms. The normalized spacial score (nSPS) is 17.0. The average Bonchev–Trinajstić information content (AvgIpc) is 3.40. The van der Waals surface area contributed by atoms with Gasteiger partial charge in [-0.05, 0) is 30.5 Å². The summed E-state index contributed by atoms with van der Waals surface area (Å²) in [5.74, 6) is -2.50. The maximum Gasteiger partial charge on any atom is 0.286 e. The maximum atomic E-state index is 13.8. The number of carbonyl (C=O) groups excluding carboxylic acids is 1. The van der Waals surface area contributed by atoms with Gasteiger partial charge in [-0.1, -0.05) is 41.7 Å². The van der Waals surface area contributed by atoms with Gasteiger partial charge in [0, 0.05) is 12.6 Å². The van der Waals surface area contributed by atoms with Gasteiger partial charge in [0.25, 0.3) is 5.91 Å². The summed E-state index contributed by atoms with van der Waals surface area (Å²) >= 11 is 0.956. The van der Waals surface area contributed by atoms with E-state index in [1.807, 2.05) is 6.07 Å². The zero-order valence-electron chi connectivity index (χ0n) is 16.2. The number of nitrogens with zero attached hydrogens (tertiary/aromatic N) is 3. The smallest absolute Gasteiger partial charge is 0.286 e. The maximum absolute atomic E-state index is 13.8. The van der Waals surface area contributed by atoms with Gasteiger partial charge >= 0.3 is 0 Å². The Hall–Kier alpha value is -2.76. The van der Waals surface area contributed by atoms with E-state index in [0.29, 0.717) is 36.0 Å². The number of nitrogens with one attached hydrogen (secondary N) is 1. The van der Waals surface area contributed by atoms with E-state index in [2.05, 4.69) is 15.5 Å². The van der Waals surface area contributed by atoms with E-state index in [-0.39, 0.29) is 16.4 Å². The van der Waals surface area contributed by atoms with Crippen molar-refractivity contribution in [2.45, 2.75) is 24.6 Å². The standard InChI is InChI=1S/C20H18F2N4O3S2/c21-14-8-9-16(15(22)11-14)23-18(27)20-25-24-19(30-20)17-7-4-10-26(17)31(28,29)12-13-5-2-1-3-6-13/h1-3,5-6,8-9,11,17H,4,7,10,12H2,(H,23,27)/t17-/m0/s1. The Morgan fingerprint density at radius 2 is 1.94 bits per heavy atom. The fraction of sp³-hybridized carbons (Fsp3) is 0.250. The third kappa shape index (κ3) is 4.78. The molecule has 7 nitrogen and oxygen atoms in total. The molecule has 0 radical (unpaired) electrons. The van der Waals surface area contributed by atoms with E-state index >= 15 is 0 Å². The van der Waals surface area contributed by atoms with Gasteiger partial charge in [-0.3, -0.25) is 4.79 Å². The first kappa shape index (κ1) is 21.5. The van der Waals surface area contributed by atoms with Crippen molar-refractivity contribution in [3.63, 3.8) is 0 Å². The molecule has 0 saturated carbocycles. The summed E-state index contributed by atoms with van der Waals surface area (Å²) < 4.78 is 54.1. The Morgan fingerprint density at radius 3 is 2.68 bits per heavy atom. The molecule has 2 aromatic carbocycles. The van der Waals surface area contributed by atoms with Crippen LogP contribution in [-0.4, -0.2) is 35.4 Å². The average molecular weight is 465 g/mol. The van der Waals surface area contributed by atoms with Gasteiger partial charge in [-0.2, -0.15) is 4.31 Å². The van der Waals surface area contributed by atoms with Crippen LogP contribution in [0.3, 0.4) is 0 Å². The monoisotopic (exact) mass is 464 g/mol. The first-order valence-electron chi connectivity index (χ1n) is 9.47.